The van der Waals surface area contributed by atoms with Crippen LogP contribution in [0.5, 0.6) is 5.75 Å². The highest BCUT2D eigenvalue weighted by Crippen LogP contribution is 2.31. The Hall–Kier alpha value is -2.41. The monoisotopic (exact) mass is 313 g/mol. The van der Waals surface area contributed by atoms with Gasteiger partial charge < -0.3 is 15.4 Å². The van der Waals surface area contributed by atoms with Gasteiger partial charge in [-0.05, 0) is 25.5 Å². The second-order valence-electron chi connectivity index (χ2n) is 5.92. The number of para-hydroxylation sites is 1. The second kappa shape index (κ2) is 6.00. The molecular formula is C16H19N5O2. The van der Waals surface area contributed by atoms with E-state index in [1.807, 2.05) is 24.3 Å². The van der Waals surface area contributed by atoms with E-state index < -0.39 is 0 Å². The molecule has 0 aliphatic carbocycles. The number of carbonyl (C=O) groups is 1. The molecule has 3 heterocycles. The Morgan fingerprint density at radius 3 is 3.17 bits per heavy atom. The Bertz CT molecular complexity index is 708. The Morgan fingerprint density at radius 2 is 2.30 bits per heavy atom. The van der Waals surface area contributed by atoms with Crippen LogP contribution >= 0.6 is 0 Å². The van der Waals surface area contributed by atoms with Crippen LogP contribution in [0.4, 0.5) is 0 Å². The predicted octanol–water partition coefficient (Wildman–Crippen LogP) is 1.07. The topological polar surface area (TPSA) is 81.1 Å². The molecule has 2 aromatic rings. The standard InChI is InChI=1S/C16H19N5O2/c22-16(19-13-9-23-14-6-2-1-5-12(13)14)15-18-10-21(20-15)11-4-3-7-17-8-11/h1-2,5-6,10-11,13,17H,3-4,7-9H2,(H,19,22)/t11-,13+/m0/s1. The van der Waals surface area contributed by atoms with Crippen LogP contribution in [-0.4, -0.2) is 40.4 Å². The molecule has 1 amide bonds. The zero-order chi connectivity index (χ0) is 15.6. The molecule has 2 aliphatic heterocycles. The summed E-state index contributed by atoms with van der Waals surface area (Å²) >= 11 is 0. The van der Waals surface area contributed by atoms with Crippen LogP contribution in [0, 0.1) is 0 Å². The van der Waals surface area contributed by atoms with Gasteiger partial charge in [-0.2, -0.15) is 0 Å². The van der Waals surface area contributed by atoms with Gasteiger partial charge in [0.1, 0.15) is 18.7 Å². The zero-order valence-electron chi connectivity index (χ0n) is 12.7. The first-order valence-electron chi connectivity index (χ1n) is 7.96. The molecule has 0 saturated carbocycles. The quantitative estimate of drug-likeness (QED) is 0.886. The summed E-state index contributed by atoms with van der Waals surface area (Å²) in [5, 5.41) is 10.6. The lowest BCUT2D eigenvalue weighted by Crippen LogP contribution is -2.32. The van der Waals surface area contributed by atoms with E-state index in [-0.39, 0.29) is 23.8 Å². The summed E-state index contributed by atoms with van der Waals surface area (Å²) in [6, 6.07) is 7.85. The largest absolute Gasteiger partial charge is 0.491 e. The van der Waals surface area contributed by atoms with Gasteiger partial charge in [0.2, 0.25) is 5.82 Å². The normalized spacial score (nSPS) is 23.1. The van der Waals surface area contributed by atoms with Crippen molar-refractivity contribution in [2.45, 2.75) is 24.9 Å². The SMILES string of the molecule is O=C(N[C@@H]1COc2ccccc21)c1ncn([C@H]2CCCNC2)n1. The smallest absolute Gasteiger partial charge is 0.291 e. The highest BCUT2D eigenvalue weighted by molar-refractivity contribution is 5.90. The van der Waals surface area contributed by atoms with E-state index in [4.69, 9.17) is 4.74 Å². The van der Waals surface area contributed by atoms with Crippen molar-refractivity contribution < 1.29 is 9.53 Å². The van der Waals surface area contributed by atoms with Gasteiger partial charge in [0.05, 0.1) is 12.1 Å². The first-order valence-corrected chi connectivity index (χ1v) is 7.96. The molecule has 1 fully saturated rings. The molecule has 2 atom stereocenters. The van der Waals surface area contributed by atoms with Gasteiger partial charge >= 0.3 is 0 Å². The maximum Gasteiger partial charge on any atom is 0.291 e. The van der Waals surface area contributed by atoms with E-state index in [1.165, 1.54) is 0 Å². The molecule has 1 aromatic carbocycles. The van der Waals surface area contributed by atoms with Gasteiger partial charge in [-0.25, -0.2) is 9.67 Å². The van der Waals surface area contributed by atoms with Crippen molar-refractivity contribution in [1.29, 1.82) is 0 Å². The number of amides is 1. The van der Waals surface area contributed by atoms with Crippen LogP contribution in [0.15, 0.2) is 30.6 Å². The minimum absolute atomic E-state index is 0.151. The Morgan fingerprint density at radius 1 is 1.39 bits per heavy atom. The molecule has 0 spiro atoms. The Kier molecular flexibility index (Phi) is 3.70. The van der Waals surface area contributed by atoms with E-state index >= 15 is 0 Å². The van der Waals surface area contributed by atoms with E-state index in [0.717, 1.165) is 37.2 Å². The number of hydrogen-bond donors (Lipinski definition) is 2. The molecule has 1 aromatic heterocycles. The molecule has 2 N–H and O–H groups in total. The van der Waals surface area contributed by atoms with Gasteiger partial charge in [0.15, 0.2) is 0 Å². The minimum Gasteiger partial charge on any atom is -0.491 e. The van der Waals surface area contributed by atoms with Crippen molar-refractivity contribution >= 4 is 5.91 Å². The Balaban J connectivity index is 1.45. The molecule has 0 bridgehead atoms. The number of hydrogen-bond acceptors (Lipinski definition) is 5. The highest BCUT2D eigenvalue weighted by Gasteiger charge is 2.27. The van der Waals surface area contributed by atoms with Gasteiger partial charge in [-0.15, -0.1) is 5.10 Å². The number of fused-ring (bicyclic) bond motifs is 1. The fourth-order valence-electron chi connectivity index (χ4n) is 3.12. The van der Waals surface area contributed by atoms with E-state index in [9.17, 15) is 4.79 Å². The van der Waals surface area contributed by atoms with Crippen LogP contribution in [0.1, 0.15) is 41.1 Å². The first-order chi connectivity index (χ1) is 11.3. The first kappa shape index (κ1) is 14.2. The van der Waals surface area contributed by atoms with E-state index in [2.05, 4.69) is 20.7 Å². The number of piperidine rings is 1. The number of nitrogens with one attached hydrogen (secondary N) is 2. The summed E-state index contributed by atoms with van der Waals surface area (Å²) in [7, 11) is 0. The third-order valence-corrected chi connectivity index (χ3v) is 4.36. The average Bonchev–Trinajstić information content (AvgIpc) is 3.24. The van der Waals surface area contributed by atoms with Gasteiger partial charge in [-0.1, -0.05) is 18.2 Å². The van der Waals surface area contributed by atoms with Crippen molar-refractivity contribution in [3.05, 3.63) is 42.0 Å². The van der Waals surface area contributed by atoms with Crippen LogP contribution in [0.25, 0.3) is 0 Å². The van der Waals surface area contributed by atoms with Crippen molar-refractivity contribution in [3.63, 3.8) is 0 Å². The van der Waals surface area contributed by atoms with Crippen molar-refractivity contribution in [2.24, 2.45) is 0 Å². The van der Waals surface area contributed by atoms with Gasteiger partial charge in [-0.3, -0.25) is 4.79 Å². The number of ether oxygens (including phenoxy) is 1. The second-order valence-corrected chi connectivity index (χ2v) is 5.92. The third-order valence-electron chi connectivity index (χ3n) is 4.36. The third kappa shape index (κ3) is 2.79. The maximum atomic E-state index is 12.4. The van der Waals surface area contributed by atoms with E-state index in [0.29, 0.717) is 6.61 Å². The number of benzene rings is 1. The molecule has 4 rings (SSSR count). The number of rotatable bonds is 3. The molecule has 0 unspecified atom stereocenters. The molecule has 7 nitrogen and oxygen atoms in total. The predicted molar refractivity (Wildman–Crippen MR) is 83.3 cm³/mol. The summed E-state index contributed by atoms with van der Waals surface area (Å²) in [6.45, 7) is 2.35. The van der Waals surface area contributed by atoms with Gasteiger partial charge in [0.25, 0.3) is 5.91 Å². The summed E-state index contributed by atoms with van der Waals surface area (Å²) in [5.74, 6) is 0.766. The number of aromatic nitrogens is 3. The molecule has 7 heteroatoms. The molecule has 1 saturated heterocycles. The lowest BCUT2D eigenvalue weighted by molar-refractivity contribution is 0.0919. The molecule has 2 aliphatic rings. The van der Waals surface area contributed by atoms with Crippen molar-refractivity contribution in [1.82, 2.24) is 25.4 Å². The lowest BCUT2D eigenvalue weighted by Gasteiger charge is -2.22. The van der Waals surface area contributed by atoms with Crippen LogP contribution in [0.2, 0.25) is 0 Å². The molecule has 120 valence electrons. The fraction of sp³-hybridized carbons (Fsp3) is 0.438. The zero-order valence-corrected chi connectivity index (χ0v) is 12.7. The van der Waals surface area contributed by atoms with E-state index in [1.54, 1.807) is 11.0 Å². The van der Waals surface area contributed by atoms with Crippen molar-refractivity contribution in [2.75, 3.05) is 19.7 Å². The highest BCUT2D eigenvalue weighted by atomic mass is 16.5. The molecular weight excluding hydrogens is 294 g/mol. The van der Waals surface area contributed by atoms with Gasteiger partial charge in [0, 0.05) is 12.1 Å². The summed E-state index contributed by atoms with van der Waals surface area (Å²) < 4.78 is 7.37. The molecule has 23 heavy (non-hydrogen) atoms. The number of carbonyl (C=O) groups excluding carboxylic acids is 1. The minimum atomic E-state index is -0.266. The van der Waals surface area contributed by atoms with Crippen LogP contribution in [0.3, 0.4) is 0 Å². The Labute approximate surface area is 134 Å². The average molecular weight is 313 g/mol. The summed E-state index contributed by atoms with van der Waals surface area (Å²) in [4.78, 5) is 16.5. The lowest BCUT2D eigenvalue weighted by atomic mass is 10.1. The maximum absolute atomic E-state index is 12.4. The molecule has 0 radical (unpaired) electrons. The fourth-order valence-corrected chi connectivity index (χ4v) is 3.12. The summed E-state index contributed by atoms with van der Waals surface area (Å²) in [5.41, 5.74) is 0.997. The number of nitrogens with zero attached hydrogens (tertiary/aromatic N) is 3. The van der Waals surface area contributed by atoms with Crippen molar-refractivity contribution in [3.8, 4) is 5.75 Å². The van der Waals surface area contributed by atoms with Crippen LogP contribution in [-0.2, 0) is 0 Å². The summed E-state index contributed by atoms with van der Waals surface area (Å²) in [6.07, 6.45) is 3.81. The van der Waals surface area contributed by atoms with Crippen LogP contribution < -0.4 is 15.4 Å².